The first kappa shape index (κ1) is 17.1. The van der Waals surface area contributed by atoms with Crippen LogP contribution in [0.2, 0.25) is 0 Å². The number of H-pyrrole nitrogens is 1. The Morgan fingerprint density at radius 2 is 2.08 bits per heavy atom. The summed E-state index contributed by atoms with van der Waals surface area (Å²) in [6, 6.07) is 12.2. The molecule has 0 amide bonds. The fourth-order valence-electron chi connectivity index (χ4n) is 3.79. The van der Waals surface area contributed by atoms with Crippen LogP contribution in [0.5, 0.6) is 5.75 Å². The second-order valence-corrected chi connectivity index (χ2v) is 6.91. The van der Waals surface area contributed by atoms with Crippen LogP contribution in [0.25, 0.3) is 10.9 Å². The van der Waals surface area contributed by atoms with Gasteiger partial charge in [-0.05, 0) is 48.6 Å². The van der Waals surface area contributed by atoms with Crippen LogP contribution >= 0.6 is 0 Å². The van der Waals surface area contributed by atoms with Crippen molar-refractivity contribution in [1.29, 1.82) is 0 Å². The van der Waals surface area contributed by atoms with Gasteiger partial charge in [0, 0.05) is 49.0 Å². The number of aliphatic hydroxyl groups is 1. The molecule has 26 heavy (non-hydrogen) atoms. The Morgan fingerprint density at radius 1 is 1.19 bits per heavy atom. The zero-order chi connectivity index (χ0) is 17.8. The van der Waals surface area contributed by atoms with E-state index in [1.165, 1.54) is 5.56 Å². The molecule has 1 atom stereocenters. The summed E-state index contributed by atoms with van der Waals surface area (Å²) in [7, 11) is 0. The average molecular weight is 351 g/mol. The second-order valence-electron chi connectivity index (χ2n) is 6.91. The number of fused-ring (bicyclic) bond motifs is 1. The van der Waals surface area contributed by atoms with E-state index in [4.69, 9.17) is 4.74 Å². The highest BCUT2D eigenvalue weighted by Crippen LogP contribution is 2.28. The van der Waals surface area contributed by atoms with Gasteiger partial charge in [-0.15, -0.1) is 0 Å². The summed E-state index contributed by atoms with van der Waals surface area (Å²) in [4.78, 5) is 9.57. The lowest BCUT2D eigenvalue weighted by molar-refractivity contribution is -0.0234. The SMILES string of the molecule is O[C@@H](CCOc1cccc2[nH]ccc12)N1CCC(c2cccnc2)CC1. The number of pyridine rings is 1. The van der Waals surface area contributed by atoms with Crippen LogP contribution in [-0.2, 0) is 0 Å². The standard InChI is InChI=1S/C21H25N3O2/c25-21(9-14-26-20-5-1-4-19-18(20)6-11-23-19)24-12-7-16(8-13-24)17-3-2-10-22-15-17/h1-6,10-11,15-16,21,23,25H,7-9,12-14H2/t21-/m0/s1. The van der Waals surface area contributed by atoms with Gasteiger partial charge in [-0.25, -0.2) is 0 Å². The number of ether oxygens (including phenoxy) is 1. The summed E-state index contributed by atoms with van der Waals surface area (Å²) < 4.78 is 5.91. The fraction of sp³-hybridized carbons (Fsp3) is 0.381. The van der Waals surface area contributed by atoms with Gasteiger partial charge in [-0.2, -0.15) is 0 Å². The maximum absolute atomic E-state index is 10.5. The summed E-state index contributed by atoms with van der Waals surface area (Å²) in [6.45, 7) is 2.33. The lowest BCUT2D eigenvalue weighted by atomic mass is 9.90. The van der Waals surface area contributed by atoms with Crippen molar-refractivity contribution in [2.75, 3.05) is 19.7 Å². The predicted molar refractivity (Wildman–Crippen MR) is 102 cm³/mol. The molecule has 1 aliphatic rings. The van der Waals surface area contributed by atoms with Gasteiger partial charge in [-0.3, -0.25) is 9.88 Å². The smallest absolute Gasteiger partial charge is 0.128 e. The number of nitrogens with one attached hydrogen (secondary N) is 1. The Labute approximate surface area is 153 Å². The van der Waals surface area contributed by atoms with Gasteiger partial charge >= 0.3 is 0 Å². The van der Waals surface area contributed by atoms with E-state index in [2.05, 4.69) is 20.9 Å². The van der Waals surface area contributed by atoms with E-state index >= 15 is 0 Å². The van der Waals surface area contributed by atoms with Crippen LogP contribution in [-0.4, -0.2) is 45.9 Å². The third kappa shape index (κ3) is 3.74. The van der Waals surface area contributed by atoms with Crippen LogP contribution in [0.1, 0.15) is 30.7 Å². The van der Waals surface area contributed by atoms with E-state index in [9.17, 15) is 5.11 Å². The fourth-order valence-corrected chi connectivity index (χ4v) is 3.79. The summed E-state index contributed by atoms with van der Waals surface area (Å²) in [5.41, 5.74) is 2.38. The Bertz CT molecular complexity index is 825. The van der Waals surface area contributed by atoms with Gasteiger partial charge in [-0.1, -0.05) is 12.1 Å². The minimum atomic E-state index is -0.449. The largest absolute Gasteiger partial charge is 0.493 e. The molecule has 1 saturated heterocycles. The minimum Gasteiger partial charge on any atom is -0.493 e. The van der Waals surface area contributed by atoms with Crippen molar-refractivity contribution < 1.29 is 9.84 Å². The van der Waals surface area contributed by atoms with Gasteiger partial charge < -0.3 is 14.8 Å². The first-order valence-corrected chi connectivity index (χ1v) is 9.32. The molecule has 0 unspecified atom stereocenters. The Balaban J connectivity index is 1.25. The molecular weight excluding hydrogens is 326 g/mol. The van der Waals surface area contributed by atoms with Crippen molar-refractivity contribution in [3.8, 4) is 5.75 Å². The molecule has 1 aliphatic heterocycles. The number of aromatic amines is 1. The van der Waals surface area contributed by atoms with E-state index in [1.54, 1.807) is 0 Å². The molecule has 0 spiro atoms. The molecule has 0 aliphatic carbocycles. The van der Waals surface area contributed by atoms with Crippen LogP contribution < -0.4 is 4.74 Å². The number of likely N-dealkylation sites (tertiary alicyclic amines) is 1. The molecule has 5 nitrogen and oxygen atoms in total. The molecule has 2 aromatic heterocycles. The molecule has 2 N–H and O–H groups in total. The van der Waals surface area contributed by atoms with Gasteiger partial charge in [0.15, 0.2) is 0 Å². The number of nitrogens with zero attached hydrogens (tertiary/aromatic N) is 2. The summed E-state index contributed by atoms with van der Waals surface area (Å²) in [5, 5.41) is 11.6. The van der Waals surface area contributed by atoms with Crippen molar-refractivity contribution in [1.82, 2.24) is 14.9 Å². The van der Waals surface area contributed by atoms with Gasteiger partial charge in [0.2, 0.25) is 0 Å². The van der Waals surface area contributed by atoms with Gasteiger partial charge in [0.05, 0.1) is 6.61 Å². The van der Waals surface area contributed by atoms with Crippen molar-refractivity contribution in [2.45, 2.75) is 31.4 Å². The quantitative estimate of drug-likeness (QED) is 0.713. The highest BCUT2D eigenvalue weighted by molar-refractivity contribution is 5.85. The number of hydrogen-bond donors (Lipinski definition) is 2. The third-order valence-electron chi connectivity index (χ3n) is 5.30. The molecule has 136 valence electrons. The second kappa shape index (κ2) is 7.89. The topological polar surface area (TPSA) is 61.4 Å². The Hall–Kier alpha value is -2.37. The molecule has 3 heterocycles. The number of rotatable bonds is 6. The first-order chi connectivity index (χ1) is 12.8. The lowest BCUT2D eigenvalue weighted by Gasteiger charge is -2.35. The maximum atomic E-state index is 10.5. The molecule has 4 rings (SSSR count). The maximum Gasteiger partial charge on any atom is 0.128 e. The Morgan fingerprint density at radius 3 is 2.88 bits per heavy atom. The van der Waals surface area contributed by atoms with E-state index < -0.39 is 6.23 Å². The molecule has 1 aromatic carbocycles. The van der Waals surface area contributed by atoms with Crippen LogP contribution in [0.15, 0.2) is 55.0 Å². The number of benzene rings is 1. The van der Waals surface area contributed by atoms with Crippen LogP contribution in [0.3, 0.4) is 0 Å². The van der Waals surface area contributed by atoms with Gasteiger partial charge in [0.25, 0.3) is 0 Å². The van der Waals surface area contributed by atoms with Crippen molar-refractivity contribution in [2.24, 2.45) is 0 Å². The zero-order valence-corrected chi connectivity index (χ0v) is 14.8. The molecule has 0 bridgehead atoms. The minimum absolute atomic E-state index is 0.449. The summed E-state index contributed by atoms with van der Waals surface area (Å²) >= 11 is 0. The molecule has 1 fully saturated rings. The third-order valence-corrected chi connectivity index (χ3v) is 5.30. The van der Waals surface area contributed by atoms with Crippen molar-refractivity contribution in [3.05, 3.63) is 60.6 Å². The molecule has 0 saturated carbocycles. The van der Waals surface area contributed by atoms with Crippen molar-refractivity contribution in [3.63, 3.8) is 0 Å². The van der Waals surface area contributed by atoms with E-state index in [0.717, 1.165) is 42.6 Å². The van der Waals surface area contributed by atoms with E-state index in [0.29, 0.717) is 18.9 Å². The van der Waals surface area contributed by atoms with Crippen LogP contribution in [0, 0.1) is 0 Å². The number of piperidine rings is 1. The number of hydrogen-bond acceptors (Lipinski definition) is 4. The molecule has 5 heteroatoms. The summed E-state index contributed by atoms with van der Waals surface area (Å²) in [6.07, 6.45) is 7.98. The molecule has 3 aromatic rings. The predicted octanol–water partition coefficient (Wildman–Crippen LogP) is 3.53. The zero-order valence-electron chi connectivity index (χ0n) is 14.8. The monoisotopic (exact) mass is 351 g/mol. The highest BCUT2D eigenvalue weighted by Gasteiger charge is 2.24. The van der Waals surface area contributed by atoms with E-state index in [-0.39, 0.29) is 0 Å². The first-order valence-electron chi connectivity index (χ1n) is 9.32. The number of aliphatic hydroxyl groups excluding tert-OH is 1. The lowest BCUT2D eigenvalue weighted by Crippen LogP contribution is -2.41. The highest BCUT2D eigenvalue weighted by atomic mass is 16.5. The normalized spacial score (nSPS) is 17.4. The average Bonchev–Trinajstić information content (AvgIpc) is 3.18. The number of aromatic nitrogens is 2. The van der Waals surface area contributed by atoms with Gasteiger partial charge in [0.1, 0.15) is 12.0 Å². The molecular formula is C21H25N3O2. The summed E-state index contributed by atoms with van der Waals surface area (Å²) in [5.74, 6) is 1.42. The Kier molecular flexibility index (Phi) is 5.18. The van der Waals surface area contributed by atoms with Crippen LogP contribution in [0.4, 0.5) is 0 Å². The molecule has 0 radical (unpaired) electrons. The van der Waals surface area contributed by atoms with Crippen molar-refractivity contribution >= 4 is 10.9 Å². The van der Waals surface area contributed by atoms with E-state index in [1.807, 2.05) is 48.9 Å².